The minimum absolute atomic E-state index is 0.0321. The van der Waals surface area contributed by atoms with E-state index in [0.29, 0.717) is 5.75 Å². The summed E-state index contributed by atoms with van der Waals surface area (Å²) < 4.78 is 37.4. The molecular weight excluding hydrogens is 346 g/mol. The van der Waals surface area contributed by atoms with Crippen molar-refractivity contribution >= 4 is 21.6 Å². The number of benzene rings is 2. The van der Waals surface area contributed by atoms with E-state index in [1.54, 1.807) is 30.3 Å². The van der Waals surface area contributed by atoms with E-state index >= 15 is 0 Å². The Bertz CT molecular complexity index is 840. The number of rotatable bonds is 7. The van der Waals surface area contributed by atoms with Crippen molar-refractivity contribution in [2.24, 2.45) is 5.84 Å². The van der Waals surface area contributed by atoms with Crippen molar-refractivity contribution in [2.75, 3.05) is 25.1 Å². The van der Waals surface area contributed by atoms with Gasteiger partial charge in [0.1, 0.15) is 18.0 Å². The third-order valence-electron chi connectivity index (χ3n) is 3.43. The molecule has 3 N–H and O–H groups in total. The molecule has 9 heteroatoms. The second-order valence-corrected chi connectivity index (χ2v) is 6.79. The number of methoxy groups -OCH3 is 2. The summed E-state index contributed by atoms with van der Waals surface area (Å²) in [6.07, 6.45) is 0. The summed E-state index contributed by atoms with van der Waals surface area (Å²) in [6.45, 7) is -0.517. The zero-order valence-corrected chi connectivity index (χ0v) is 14.6. The maximum atomic E-state index is 13.1. The minimum Gasteiger partial charge on any atom is -0.497 e. The quantitative estimate of drug-likeness (QED) is 0.428. The van der Waals surface area contributed by atoms with Gasteiger partial charge in [-0.3, -0.25) is 14.5 Å². The lowest BCUT2D eigenvalue weighted by Gasteiger charge is -2.25. The number of hydrazine groups is 1. The zero-order chi connectivity index (χ0) is 18.4. The van der Waals surface area contributed by atoms with E-state index in [4.69, 9.17) is 15.3 Å². The average molecular weight is 365 g/mol. The Labute approximate surface area is 146 Å². The first kappa shape index (κ1) is 18.6. The number of amides is 1. The van der Waals surface area contributed by atoms with Crippen LogP contribution in [0, 0.1) is 0 Å². The first-order valence-electron chi connectivity index (χ1n) is 7.23. The van der Waals surface area contributed by atoms with Crippen LogP contribution in [0.2, 0.25) is 0 Å². The lowest BCUT2D eigenvalue weighted by atomic mass is 10.2. The molecule has 1 amide bonds. The molecule has 0 unspecified atom stereocenters. The molecule has 0 aromatic heterocycles. The second kappa shape index (κ2) is 7.86. The Kier molecular flexibility index (Phi) is 5.84. The van der Waals surface area contributed by atoms with Crippen LogP contribution in [0.1, 0.15) is 0 Å². The Morgan fingerprint density at radius 2 is 1.80 bits per heavy atom. The van der Waals surface area contributed by atoms with Crippen LogP contribution in [0.15, 0.2) is 53.4 Å². The number of sulfonamides is 1. The molecule has 25 heavy (non-hydrogen) atoms. The van der Waals surface area contributed by atoms with Crippen molar-refractivity contribution in [2.45, 2.75) is 4.90 Å². The fraction of sp³-hybridized carbons (Fsp3) is 0.188. The largest absolute Gasteiger partial charge is 0.497 e. The van der Waals surface area contributed by atoms with Crippen LogP contribution < -0.4 is 25.0 Å². The van der Waals surface area contributed by atoms with Gasteiger partial charge in [-0.2, -0.15) is 0 Å². The highest BCUT2D eigenvalue weighted by molar-refractivity contribution is 7.92. The molecule has 0 aliphatic carbocycles. The maximum absolute atomic E-state index is 13.1. The number of carbonyl (C=O) groups is 1. The number of hydrogen-bond donors (Lipinski definition) is 2. The van der Waals surface area contributed by atoms with E-state index in [1.165, 1.54) is 32.4 Å². The number of nitrogens with two attached hydrogens (primary N) is 1. The van der Waals surface area contributed by atoms with E-state index in [1.807, 2.05) is 5.43 Å². The van der Waals surface area contributed by atoms with Gasteiger partial charge in [0.15, 0.2) is 0 Å². The van der Waals surface area contributed by atoms with Crippen molar-refractivity contribution in [3.8, 4) is 11.5 Å². The first-order chi connectivity index (χ1) is 11.9. The normalized spacial score (nSPS) is 10.8. The van der Waals surface area contributed by atoms with Crippen molar-refractivity contribution in [1.29, 1.82) is 0 Å². The topological polar surface area (TPSA) is 111 Å². The molecule has 0 heterocycles. The summed E-state index contributed by atoms with van der Waals surface area (Å²) in [7, 11) is -1.18. The molecule has 8 nitrogen and oxygen atoms in total. The molecule has 0 aliphatic heterocycles. The maximum Gasteiger partial charge on any atom is 0.264 e. The Morgan fingerprint density at radius 3 is 2.36 bits per heavy atom. The molecule has 2 aromatic carbocycles. The van der Waals surface area contributed by atoms with Crippen LogP contribution in [0.25, 0.3) is 0 Å². The molecule has 0 bridgehead atoms. The van der Waals surface area contributed by atoms with E-state index in [2.05, 4.69) is 0 Å². The van der Waals surface area contributed by atoms with Crippen LogP contribution in [-0.2, 0) is 14.8 Å². The third-order valence-corrected chi connectivity index (χ3v) is 5.21. The molecule has 0 fully saturated rings. The van der Waals surface area contributed by atoms with Crippen molar-refractivity contribution in [1.82, 2.24) is 5.43 Å². The predicted molar refractivity (Wildman–Crippen MR) is 92.8 cm³/mol. The Balaban J connectivity index is 2.63. The van der Waals surface area contributed by atoms with E-state index in [9.17, 15) is 13.2 Å². The number of nitrogens with one attached hydrogen (secondary N) is 1. The number of anilines is 1. The Morgan fingerprint density at radius 1 is 1.12 bits per heavy atom. The highest BCUT2D eigenvalue weighted by atomic mass is 32.2. The van der Waals surface area contributed by atoms with Crippen LogP contribution >= 0.6 is 0 Å². The molecule has 0 saturated carbocycles. The SMILES string of the molecule is COc1ccc(OC)c(N(CC(=O)NN)S(=O)(=O)c2ccccc2)c1. The first-order valence-corrected chi connectivity index (χ1v) is 8.67. The average Bonchev–Trinajstić information content (AvgIpc) is 2.65. The van der Waals surface area contributed by atoms with Crippen molar-refractivity contribution in [3.63, 3.8) is 0 Å². The summed E-state index contributed by atoms with van der Waals surface area (Å²) in [6, 6.07) is 12.4. The van der Waals surface area contributed by atoms with Crippen LogP contribution in [0.4, 0.5) is 5.69 Å². The van der Waals surface area contributed by atoms with Crippen LogP contribution in [0.5, 0.6) is 11.5 Å². The van der Waals surface area contributed by atoms with Gasteiger partial charge in [-0.05, 0) is 24.3 Å². The highest BCUT2D eigenvalue weighted by Crippen LogP contribution is 2.35. The minimum atomic E-state index is -4.04. The second-order valence-electron chi connectivity index (χ2n) is 4.93. The molecule has 2 aromatic rings. The summed E-state index contributed by atoms with van der Waals surface area (Å²) in [5, 5.41) is 0. The molecule has 0 spiro atoms. The van der Waals surface area contributed by atoms with Gasteiger partial charge < -0.3 is 9.47 Å². The lowest BCUT2D eigenvalue weighted by molar-refractivity contribution is -0.119. The number of nitrogens with zero attached hydrogens (tertiary/aromatic N) is 1. The van der Waals surface area contributed by atoms with E-state index in [-0.39, 0.29) is 16.3 Å². The van der Waals surface area contributed by atoms with E-state index < -0.39 is 22.5 Å². The summed E-state index contributed by atoms with van der Waals surface area (Å²) in [5.41, 5.74) is 2.10. The summed E-state index contributed by atoms with van der Waals surface area (Å²) in [5.74, 6) is 5.14. The molecule has 0 aliphatic rings. The van der Waals surface area contributed by atoms with Crippen molar-refractivity contribution < 1.29 is 22.7 Å². The van der Waals surface area contributed by atoms with Gasteiger partial charge in [-0.1, -0.05) is 18.2 Å². The van der Waals surface area contributed by atoms with Crippen LogP contribution in [-0.4, -0.2) is 35.1 Å². The predicted octanol–water partition coefficient (Wildman–Crippen LogP) is 0.889. The van der Waals surface area contributed by atoms with Gasteiger partial charge in [-0.25, -0.2) is 14.3 Å². The fourth-order valence-electron chi connectivity index (χ4n) is 2.19. The van der Waals surface area contributed by atoms with Gasteiger partial charge in [0.05, 0.1) is 24.8 Å². The Hall–Kier alpha value is -2.78. The number of hydrogen-bond acceptors (Lipinski definition) is 6. The smallest absolute Gasteiger partial charge is 0.264 e. The number of ether oxygens (including phenoxy) is 2. The molecule has 134 valence electrons. The van der Waals surface area contributed by atoms with Gasteiger partial charge in [0.2, 0.25) is 0 Å². The summed E-state index contributed by atoms with van der Waals surface area (Å²) in [4.78, 5) is 11.8. The third kappa shape index (κ3) is 4.01. The molecule has 2 rings (SSSR count). The van der Waals surface area contributed by atoms with Gasteiger partial charge in [-0.15, -0.1) is 0 Å². The van der Waals surface area contributed by atoms with E-state index in [0.717, 1.165) is 4.31 Å². The van der Waals surface area contributed by atoms with Gasteiger partial charge in [0, 0.05) is 6.07 Å². The standard InChI is InChI=1S/C16H19N3O5S/c1-23-12-8-9-15(24-2)14(10-12)19(11-16(20)18-17)25(21,22)13-6-4-3-5-7-13/h3-10H,11,17H2,1-2H3,(H,18,20). The molecular formula is C16H19N3O5S. The van der Waals surface area contributed by atoms with Gasteiger partial charge >= 0.3 is 0 Å². The fourth-order valence-corrected chi connectivity index (χ4v) is 3.63. The molecule has 0 radical (unpaired) electrons. The monoisotopic (exact) mass is 365 g/mol. The zero-order valence-electron chi connectivity index (χ0n) is 13.8. The van der Waals surface area contributed by atoms with Crippen molar-refractivity contribution in [3.05, 3.63) is 48.5 Å². The molecule has 0 saturated heterocycles. The number of carbonyl (C=O) groups excluding carboxylic acids is 1. The van der Waals surface area contributed by atoms with Gasteiger partial charge in [0.25, 0.3) is 15.9 Å². The van der Waals surface area contributed by atoms with Crippen LogP contribution in [0.3, 0.4) is 0 Å². The molecule has 0 atom stereocenters. The lowest BCUT2D eigenvalue weighted by Crippen LogP contribution is -2.43. The highest BCUT2D eigenvalue weighted by Gasteiger charge is 2.29. The summed E-state index contributed by atoms with van der Waals surface area (Å²) >= 11 is 0.